The van der Waals surface area contributed by atoms with E-state index in [4.69, 9.17) is 5.11 Å². The maximum atomic E-state index is 12.4. The Labute approximate surface area is 169 Å². The van der Waals surface area contributed by atoms with Gasteiger partial charge in [-0.3, -0.25) is 4.79 Å². The number of carboxylic acids is 1. The van der Waals surface area contributed by atoms with Crippen LogP contribution < -0.4 is 0 Å². The molecule has 0 saturated carbocycles. The Morgan fingerprint density at radius 3 is 2.46 bits per heavy atom. The van der Waals surface area contributed by atoms with Gasteiger partial charge in [0.1, 0.15) is 0 Å². The van der Waals surface area contributed by atoms with E-state index in [9.17, 15) is 23.4 Å². The van der Waals surface area contributed by atoms with Crippen LogP contribution >= 0.6 is 0 Å². The molecule has 0 unspecified atom stereocenters. The Hall–Kier alpha value is -1.34. The summed E-state index contributed by atoms with van der Waals surface area (Å²) >= 11 is 0. The quantitative estimate of drug-likeness (QED) is 0.252. The average Bonchev–Trinajstić information content (AvgIpc) is 2.82. The van der Waals surface area contributed by atoms with Crippen LogP contribution in [0.5, 0.6) is 0 Å². The first-order valence-electron chi connectivity index (χ1n) is 10.2. The second-order valence-corrected chi connectivity index (χ2v) is 10.8. The topological polar surface area (TPSA) is 112 Å². The van der Waals surface area contributed by atoms with E-state index in [1.54, 1.807) is 18.2 Å². The largest absolute Gasteiger partial charge is 0.512 e. The van der Waals surface area contributed by atoms with Gasteiger partial charge in [-0.1, -0.05) is 45.8 Å². The zero-order valence-electron chi connectivity index (χ0n) is 17.3. The maximum Gasteiger partial charge on any atom is 0.303 e. The monoisotopic (exact) mass is 416 g/mol. The smallest absolute Gasteiger partial charge is 0.303 e. The Balaban J connectivity index is 2.79. The van der Waals surface area contributed by atoms with E-state index >= 15 is 0 Å². The SMILES string of the molecule is CCCCC(C)(C)C/C=C(/O)[C@H]1[C@@H](O)CS(=O)(=O)[C@H]1CC=CCCCC(=O)O. The summed E-state index contributed by atoms with van der Waals surface area (Å²) in [5, 5.41) is 28.6. The van der Waals surface area contributed by atoms with Crippen LogP contribution in [0.2, 0.25) is 0 Å². The van der Waals surface area contributed by atoms with Crippen LogP contribution in [0.1, 0.15) is 72.1 Å². The molecule has 0 aromatic rings. The van der Waals surface area contributed by atoms with Gasteiger partial charge in [-0.2, -0.15) is 0 Å². The number of hydrogen-bond acceptors (Lipinski definition) is 5. The highest BCUT2D eigenvalue weighted by Gasteiger charge is 2.47. The minimum atomic E-state index is -3.50. The summed E-state index contributed by atoms with van der Waals surface area (Å²) in [7, 11) is -3.50. The molecule has 0 radical (unpaired) electrons. The van der Waals surface area contributed by atoms with E-state index in [0.29, 0.717) is 19.3 Å². The number of aliphatic hydroxyl groups excluding tert-OH is 2. The van der Waals surface area contributed by atoms with Gasteiger partial charge in [-0.05, 0) is 43.6 Å². The molecule has 7 heteroatoms. The number of aliphatic hydroxyl groups is 2. The first-order chi connectivity index (χ1) is 13.0. The number of carboxylic acid groups (broad SMARTS) is 1. The molecule has 0 amide bonds. The molecule has 1 rings (SSSR count). The van der Waals surface area contributed by atoms with Crippen molar-refractivity contribution in [2.24, 2.45) is 11.3 Å². The van der Waals surface area contributed by atoms with E-state index < -0.39 is 33.1 Å². The standard InChI is InChI=1S/C21H36O6S/c1-4-5-13-21(2,3)14-12-16(22)20-17(23)15-28(26,27)18(20)10-8-6-7-9-11-19(24)25/h6,8,12,17-18,20,22-23H,4-5,7,9-11,13-15H2,1-3H3,(H,24,25)/b8-6?,16-12+/t17-,18-,20-/m0/s1. The van der Waals surface area contributed by atoms with Crippen molar-refractivity contribution in [3.05, 3.63) is 24.0 Å². The summed E-state index contributed by atoms with van der Waals surface area (Å²) in [6, 6.07) is 0. The molecular formula is C21H36O6S. The summed E-state index contributed by atoms with van der Waals surface area (Å²) in [4.78, 5) is 10.5. The highest BCUT2D eigenvalue weighted by molar-refractivity contribution is 7.92. The summed E-state index contributed by atoms with van der Waals surface area (Å²) in [5.74, 6) is -2.04. The number of carbonyl (C=O) groups is 1. The minimum Gasteiger partial charge on any atom is -0.512 e. The predicted molar refractivity (Wildman–Crippen MR) is 111 cm³/mol. The zero-order valence-corrected chi connectivity index (χ0v) is 18.1. The van der Waals surface area contributed by atoms with E-state index in [1.165, 1.54) is 0 Å². The summed E-state index contributed by atoms with van der Waals surface area (Å²) in [6.45, 7) is 6.36. The van der Waals surface area contributed by atoms with Crippen LogP contribution in [0, 0.1) is 11.3 Å². The van der Waals surface area contributed by atoms with Gasteiger partial charge in [0.15, 0.2) is 9.84 Å². The maximum absolute atomic E-state index is 12.4. The summed E-state index contributed by atoms with van der Waals surface area (Å²) in [6.07, 6.45) is 9.21. The molecule has 1 aliphatic rings. The van der Waals surface area contributed by atoms with Gasteiger partial charge in [0.2, 0.25) is 0 Å². The fourth-order valence-electron chi connectivity index (χ4n) is 3.61. The summed E-state index contributed by atoms with van der Waals surface area (Å²) < 4.78 is 24.9. The van der Waals surface area contributed by atoms with Crippen molar-refractivity contribution >= 4 is 15.8 Å². The lowest BCUT2D eigenvalue weighted by Gasteiger charge is -2.24. The van der Waals surface area contributed by atoms with Crippen molar-refractivity contribution in [2.75, 3.05) is 5.75 Å². The van der Waals surface area contributed by atoms with Crippen molar-refractivity contribution < 1.29 is 28.5 Å². The Bertz CT molecular complexity index is 662. The van der Waals surface area contributed by atoms with Crippen molar-refractivity contribution in [2.45, 2.75) is 83.5 Å². The number of allylic oxidation sites excluding steroid dienone is 3. The van der Waals surface area contributed by atoms with Crippen molar-refractivity contribution in [1.29, 1.82) is 0 Å². The molecule has 1 fully saturated rings. The molecule has 28 heavy (non-hydrogen) atoms. The molecule has 0 bridgehead atoms. The van der Waals surface area contributed by atoms with Crippen LogP contribution in [0.15, 0.2) is 24.0 Å². The van der Waals surface area contributed by atoms with Crippen molar-refractivity contribution in [3.63, 3.8) is 0 Å². The molecular weight excluding hydrogens is 380 g/mol. The number of hydrogen-bond donors (Lipinski definition) is 3. The zero-order chi connectivity index (χ0) is 21.4. The average molecular weight is 417 g/mol. The van der Waals surface area contributed by atoms with Crippen LogP contribution in [-0.4, -0.2) is 46.8 Å². The van der Waals surface area contributed by atoms with Gasteiger partial charge >= 0.3 is 5.97 Å². The number of sulfone groups is 1. The molecule has 1 saturated heterocycles. The lowest BCUT2D eigenvalue weighted by Crippen LogP contribution is -2.27. The molecule has 1 heterocycles. The molecule has 0 aromatic carbocycles. The highest BCUT2D eigenvalue weighted by Crippen LogP contribution is 2.36. The van der Waals surface area contributed by atoms with E-state index in [0.717, 1.165) is 19.3 Å². The first kappa shape index (κ1) is 24.7. The lowest BCUT2D eigenvalue weighted by atomic mass is 9.83. The van der Waals surface area contributed by atoms with Crippen molar-refractivity contribution in [3.8, 4) is 0 Å². The first-order valence-corrected chi connectivity index (χ1v) is 11.9. The van der Waals surface area contributed by atoms with Gasteiger partial charge in [0.25, 0.3) is 0 Å². The number of unbranched alkanes of at least 4 members (excludes halogenated alkanes) is 2. The number of rotatable bonds is 12. The third-order valence-electron chi connectivity index (χ3n) is 5.39. The second kappa shape index (κ2) is 11.0. The third kappa shape index (κ3) is 7.95. The lowest BCUT2D eigenvalue weighted by molar-refractivity contribution is -0.137. The fraction of sp³-hybridized carbons (Fsp3) is 0.762. The van der Waals surface area contributed by atoms with Gasteiger partial charge < -0.3 is 15.3 Å². The normalized spacial score (nSPS) is 25.4. The van der Waals surface area contributed by atoms with Gasteiger partial charge in [-0.15, -0.1) is 0 Å². The van der Waals surface area contributed by atoms with Crippen LogP contribution in [0.25, 0.3) is 0 Å². The predicted octanol–water partition coefficient (Wildman–Crippen LogP) is 4.01. The number of aliphatic carboxylic acids is 1. The molecule has 0 aromatic heterocycles. The van der Waals surface area contributed by atoms with Crippen molar-refractivity contribution in [1.82, 2.24) is 0 Å². The molecule has 1 aliphatic heterocycles. The Morgan fingerprint density at radius 1 is 1.18 bits per heavy atom. The third-order valence-corrected chi connectivity index (χ3v) is 7.60. The second-order valence-electron chi connectivity index (χ2n) is 8.56. The van der Waals surface area contributed by atoms with Gasteiger partial charge in [0, 0.05) is 6.42 Å². The van der Waals surface area contributed by atoms with E-state index in [2.05, 4.69) is 20.8 Å². The van der Waals surface area contributed by atoms with Crippen LogP contribution in [-0.2, 0) is 14.6 Å². The molecule has 3 N–H and O–H groups in total. The molecule has 6 nitrogen and oxygen atoms in total. The van der Waals surface area contributed by atoms with Crippen LogP contribution in [0.4, 0.5) is 0 Å². The van der Waals surface area contributed by atoms with Crippen LogP contribution in [0.3, 0.4) is 0 Å². The van der Waals surface area contributed by atoms with Gasteiger partial charge in [0.05, 0.1) is 28.8 Å². The van der Waals surface area contributed by atoms with Gasteiger partial charge in [-0.25, -0.2) is 8.42 Å². The van der Waals surface area contributed by atoms with E-state index in [1.807, 2.05) is 0 Å². The Morgan fingerprint density at radius 2 is 1.86 bits per heavy atom. The van der Waals surface area contributed by atoms with E-state index in [-0.39, 0.29) is 29.8 Å². The fourth-order valence-corrected chi connectivity index (χ4v) is 5.71. The molecule has 3 atom stereocenters. The molecule has 0 aliphatic carbocycles. The minimum absolute atomic E-state index is 0.00591. The highest BCUT2D eigenvalue weighted by atomic mass is 32.2. The molecule has 162 valence electrons. The Kier molecular flexibility index (Phi) is 9.70. The summed E-state index contributed by atoms with van der Waals surface area (Å²) in [5.41, 5.74) is 0.00591. The molecule has 0 spiro atoms.